The van der Waals surface area contributed by atoms with Gasteiger partial charge in [0.05, 0.1) is 17.3 Å². The van der Waals surface area contributed by atoms with Gasteiger partial charge in [0.15, 0.2) is 5.82 Å². The predicted octanol–water partition coefficient (Wildman–Crippen LogP) is 3.80. The normalized spacial score (nSPS) is 17.2. The molecule has 164 valence electrons. The molecule has 5 rings (SSSR count). The highest BCUT2D eigenvalue weighted by molar-refractivity contribution is 5.94. The molecule has 0 aliphatic carbocycles. The van der Waals surface area contributed by atoms with E-state index in [9.17, 15) is 5.26 Å². The minimum atomic E-state index is 0.590. The Hall–Kier alpha value is -3.24. The van der Waals surface area contributed by atoms with Gasteiger partial charge in [0.1, 0.15) is 5.82 Å². The third-order valence-corrected chi connectivity index (χ3v) is 7.04. The fraction of sp³-hybridized carbons (Fsp3) is 0.440. The number of aromatic nitrogens is 3. The zero-order valence-electron chi connectivity index (χ0n) is 18.8. The van der Waals surface area contributed by atoms with Crippen LogP contribution in [0.5, 0.6) is 0 Å². The summed E-state index contributed by atoms with van der Waals surface area (Å²) in [5.41, 5.74) is 3.67. The van der Waals surface area contributed by atoms with Gasteiger partial charge in [-0.3, -0.25) is 0 Å². The molecule has 2 aromatic heterocycles. The van der Waals surface area contributed by atoms with Crippen molar-refractivity contribution in [2.75, 3.05) is 36.4 Å². The predicted molar refractivity (Wildman–Crippen MR) is 127 cm³/mol. The lowest BCUT2D eigenvalue weighted by molar-refractivity contribution is 0.100. The average molecular weight is 428 g/mol. The summed E-state index contributed by atoms with van der Waals surface area (Å²) in [7, 11) is 0. The van der Waals surface area contributed by atoms with Gasteiger partial charge in [-0.05, 0) is 69.5 Å². The first-order valence-electron chi connectivity index (χ1n) is 11.5. The number of hydrogen-bond donors (Lipinski definition) is 1. The van der Waals surface area contributed by atoms with Crippen molar-refractivity contribution < 1.29 is 0 Å². The van der Waals surface area contributed by atoms with Crippen molar-refractivity contribution in [3.63, 3.8) is 0 Å². The van der Waals surface area contributed by atoms with Crippen molar-refractivity contribution >= 4 is 22.4 Å². The van der Waals surface area contributed by atoms with Crippen LogP contribution in [0.25, 0.3) is 10.8 Å². The fourth-order valence-electron chi connectivity index (χ4n) is 4.81. The summed E-state index contributed by atoms with van der Waals surface area (Å²) in [6.45, 7) is 9.17. The second kappa shape index (κ2) is 8.71. The lowest BCUT2D eigenvalue weighted by Gasteiger charge is -2.43. The smallest absolute Gasteiger partial charge is 0.157 e. The van der Waals surface area contributed by atoms with E-state index in [1.807, 2.05) is 38.2 Å². The van der Waals surface area contributed by atoms with Crippen LogP contribution in [0.15, 0.2) is 30.5 Å². The SMILES string of the molecule is Cc1c(C#N)cccc1CNc1nnc(C)c2cnc(N3CCC(N4CCC4)CC3)cc12. The average Bonchev–Trinajstić information content (AvgIpc) is 2.79. The molecule has 2 aliphatic rings. The van der Waals surface area contributed by atoms with Crippen molar-refractivity contribution in [3.05, 3.63) is 52.8 Å². The first kappa shape index (κ1) is 20.7. The summed E-state index contributed by atoms with van der Waals surface area (Å²) < 4.78 is 0. The number of nitriles is 1. The Bertz CT molecular complexity index is 1170. The summed E-state index contributed by atoms with van der Waals surface area (Å²) in [5.74, 6) is 1.77. The molecule has 0 radical (unpaired) electrons. The molecule has 2 saturated heterocycles. The van der Waals surface area contributed by atoms with Crippen LogP contribution < -0.4 is 10.2 Å². The van der Waals surface area contributed by atoms with Crippen molar-refractivity contribution in [3.8, 4) is 6.07 Å². The number of likely N-dealkylation sites (tertiary alicyclic amines) is 1. The number of nitrogens with zero attached hydrogens (tertiary/aromatic N) is 6. The van der Waals surface area contributed by atoms with Crippen LogP contribution in [-0.2, 0) is 6.54 Å². The molecule has 7 nitrogen and oxygen atoms in total. The maximum Gasteiger partial charge on any atom is 0.157 e. The van der Waals surface area contributed by atoms with E-state index in [0.717, 1.165) is 58.4 Å². The maximum absolute atomic E-state index is 9.31. The van der Waals surface area contributed by atoms with Gasteiger partial charge in [-0.2, -0.15) is 10.4 Å². The van der Waals surface area contributed by atoms with E-state index in [1.165, 1.54) is 32.4 Å². The van der Waals surface area contributed by atoms with Gasteiger partial charge < -0.3 is 15.1 Å². The van der Waals surface area contributed by atoms with E-state index < -0.39 is 0 Å². The molecule has 0 bridgehead atoms. The number of fused-ring (bicyclic) bond motifs is 1. The third-order valence-electron chi connectivity index (χ3n) is 7.04. The molecule has 1 aromatic carbocycles. The Balaban J connectivity index is 1.38. The molecule has 0 amide bonds. The number of nitrogens with one attached hydrogen (secondary N) is 1. The van der Waals surface area contributed by atoms with Crippen LogP contribution in [0.4, 0.5) is 11.6 Å². The first-order chi connectivity index (χ1) is 15.6. The molecule has 2 aliphatic heterocycles. The number of hydrogen-bond acceptors (Lipinski definition) is 7. The summed E-state index contributed by atoms with van der Waals surface area (Å²) in [6.07, 6.45) is 5.69. The molecule has 1 N–H and O–H groups in total. The molecule has 0 atom stereocenters. The number of anilines is 2. The van der Waals surface area contributed by atoms with Gasteiger partial charge in [-0.1, -0.05) is 12.1 Å². The lowest BCUT2D eigenvalue weighted by Crippen LogP contribution is -2.50. The molecule has 32 heavy (non-hydrogen) atoms. The van der Waals surface area contributed by atoms with Crippen LogP contribution in [0, 0.1) is 25.2 Å². The molecule has 0 saturated carbocycles. The lowest BCUT2D eigenvalue weighted by atomic mass is 9.99. The standard InChI is InChI=1S/C25H29N7/c1-17-19(14-26)5-3-6-20(17)15-28-25-22-13-24(27-16-23(22)18(2)29-30-25)32-11-7-21(8-12-32)31-9-4-10-31/h3,5-6,13,16,21H,4,7-12,15H2,1-2H3,(H,28,30). The highest BCUT2D eigenvalue weighted by Crippen LogP contribution is 2.29. The Morgan fingerprint density at radius 1 is 1.09 bits per heavy atom. The first-order valence-corrected chi connectivity index (χ1v) is 11.5. The van der Waals surface area contributed by atoms with Crippen LogP contribution in [0.3, 0.4) is 0 Å². The fourth-order valence-corrected chi connectivity index (χ4v) is 4.81. The van der Waals surface area contributed by atoms with E-state index in [1.54, 1.807) is 0 Å². The minimum Gasteiger partial charge on any atom is -0.364 e. The second-order valence-corrected chi connectivity index (χ2v) is 8.88. The molecule has 0 spiro atoms. The number of pyridine rings is 1. The van der Waals surface area contributed by atoms with E-state index in [-0.39, 0.29) is 0 Å². The third kappa shape index (κ3) is 3.87. The highest BCUT2D eigenvalue weighted by atomic mass is 15.2. The van der Waals surface area contributed by atoms with Gasteiger partial charge in [-0.25, -0.2) is 4.98 Å². The molecule has 2 fully saturated rings. The molecule has 4 heterocycles. The van der Waals surface area contributed by atoms with Crippen LogP contribution >= 0.6 is 0 Å². The molecule has 0 unspecified atom stereocenters. The van der Waals surface area contributed by atoms with Crippen molar-refractivity contribution in [2.24, 2.45) is 0 Å². The van der Waals surface area contributed by atoms with Crippen LogP contribution in [0.1, 0.15) is 41.6 Å². The highest BCUT2D eigenvalue weighted by Gasteiger charge is 2.28. The topological polar surface area (TPSA) is 81.0 Å². The van der Waals surface area contributed by atoms with E-state index in [4.69, 9.17) is 4.98 Å². The Morgan fingerprint density at radius 3 is 2.62 bits per heavy atom. The Kier molecular flexibility index (Phi) is 5.62. The summed E-state index contributed by atoms with van der Waals surface area (Å²) in [5, 5.41) is 23.6. The number of benzene rings is 1. The van der Waals surface area contributed by atoms with Gasteiger partial charge in [0.2, 0.25) is 0 Å². The van der Waals surface area contributed by atoms with Gasteiger partial charge >= 0.3 is 0 Å². The van der Waals surface area contributed by atoms with Gasteiger partial charge in [-0.15, -0.1) is 5.10 Å². The zero-order chi connectivity index (χ0) is 22.1. The Morgan fingerprint density at radius 2 is 1.91 bits per heavy atom. The Labute approximate surface area is 189 Å². The van der Waals surface area contributed by atoms with E-state index in [0.29, 0.717) is 12.1 Å². The van der Waals surface area contributed by atoms with Crippen molar-refractivity contribution in [2.45, 2.75) is 45.7 Å². The molecule has 7 heteroatoms. The van der Waals surface area contributed by atoms with E-state index in [2.05, 4.69) is 37.4 Å². The number of piperidine rings is 1. The van der Waals surface area contributed by atoms with Gasteiger partial charge in [0.25, 0.3) is 0 Å². The van der Waals surface area contributed by atoms with Crippen LogP contribution in [-0.4, -0.2) is 52.3 Å². The van der Waals surface area contributed by atoms with E-state index >= 15 is 0 Å². The van der Waals surface area contributed by atoms with Crippen molar-refractivity contribution in [1.82, 2.24) is 20.1 Å². The summed E-state index contributed by atoms with van der Waals surface area (Å²) in [6, 6.07) is 11.0. The maximum atomic E-state index is 9.31. The van der Waals surface area contributed by atoms with Crippen LogP contribution in [0.2, 0.25) is 0 Å². The zero-order valence-corrected chi connectivity index (χ0v) is 18.8. The molecular weight excluding hydrogens is 398 g/mol. The van der Waals surface area contributed by atoms with Gasteiger partial charge in [0, 0.05) is 42.6 Å². The quantitative estimate of drug-likeness (QED) is 0.663. The minimum absolute atomic E-state index is 0.590. The summed E-state index contributed by atoms with van der Waals surface area (Å²) >= 11 is 0. The largest absolute Gasteiger partial charge is 0.364 e. The number of aryl methyl sites for hydroxylation is 1. The van der Waals surface area contributed by atoms with Crippen molar-refractivity contribution in [1.29, 1.82) is 5.26 Å². The second-order valence-electron chi connectivity index (χ2n) is 8.88. The molecule has 3 aromatic rings. The monoisotopic (exact) mass is 427 g/mol. The summed E-state index contributed by atoms with van der Waals surface area (Å²) in [4.78, 5) is 9.79. The number of rotatable bonds is 5. The molecular formula is C25H29N7.